The zero-order valence-corrected chi connectivity index (χ0v) is 18.3. The Morgan fingerprint density at radius 2 is 1.94 bits per heavy atom. The highest BCUT2D eigenvalue weighted by Crippen LogP contribution is 2.25. The van der Waals surface area contributed by atoms with Crippen molar-refractivity contribution < 1.29 is 18.6 Å². The van der Waals surface area contributed by atoms with Gasteiger partial charge >= 0.3 is 5.82 Å². The van der Waals surface area contributed by atoms with Crippen molar-refractivity contribution in [2.24, 2.45) is 0 Å². The lowest BCUT2D eigenvalue weighted by Crippen LogP contribution is -2.17. The predicted molar refractivity (Wildman–Crippen MR) is 115 cm³/mol. The van der Waals surface area contributed by atoms with Gasteiger partial charge in [-0.3, -0.25) is 9.48 Å². The minimum Gasteiger partial charge on any atom is -0.361 e. The lowest BCUT2D eigenvalue weighted by Gasteiger charge is -2.06. The van der Waals surface area contributed by atoms with E-state index in [1.165, 1.54) is 40.0 Å². The number of aromatic nitrogens is 5. The lowest BCUT2D eigenvalue weighted by atomic mass is 10.2. The summed E-state index contributed by atoms with van der Waals surface area (Å²) in [7, 11) is 0. The first-order valence-corrected chi connectivity index (χ1v) is 10.1. The Kier molecular flexibility index (Phi) is 6.11. The normalized spacial score (nSPS) is 11.0. The molecule has 0 atom stereocenters. The van der Waals surface area contributed by atoms with Crippen LogP contribution in [0.25, 0.3) is 0 Å². The molecule has 4 aromatic rings. The zero-order valence-electron chi connectivity index (χ0n) is 16.8. The van der Waals surface area contributed by atoms with Crippen molar-refractivity contribution in [3.63, 3.8) is 0 Å². The average molecular weight is 494 g/mol. The Balaban J connectivity index is 1.53. The number of nitrogens with zero attached hydrogens (tertiary/aromatic N) is 6. The molecule has 0 fully saturated rings. The first-order chi connectivity index (χ1) is 15.7. The third-order valence-corrected chi connectivity index (χ3v) is 5.29. The summed E-state index contributed by atoms with van der Waals surface area (Å²) in [6.07, 6.45) is 2.82. The van der Waals surface area contributed by atoms with E-state index >= 15 is 0 Å². The van der Waals surface area contributed by atoms with Gasteiger partial charge in [0.1, 0.15) is 16.6 Å². The van der Waals surface area contributed by atoms with Crippen LogP contribution in [0.2, 0.25) is 10.0 Å². The largest absolute Gasteiger partial charge is 0.389 e. The number of nitro groups is 1. The van der Waals surface area contributed by atoms with Crippen molar-refractivity contribution in [1.82, 2.24) is 24.7 Å². The number of benzene rings is 1. The fourth-order valence-electron chi connectivity index (χ4n) is 3.03. The molecule has 170 valence electrons. The number of nitrogens with one attached hydrogen (secondary N) is 1. The summed E-state index contributed by atoms with van der Waals surface area (Å²) in [5, 5.41) is 25.5. The molecule has 11 nitrogen and oxygen atoms in total. The summed E-state index contributed by atoms with van der Waals surface area (Å²) in [6, 6.07) is 5.55. The second-order valence-electron chi connectivity index (χ2n) is 6.87. The van der Waals surface area contributed by atoms with Crippen LogP contribution in [-0.2, 0) is 13.1 Å². The van der Waals surface area contributed by atoms with Gasteiger partial charge in [0.2, 0.25) is 0 Å². The molecular weight excluding hydrogens is 480 g/mol. The molecule has 0 aliphatic carbocycles. The molecule has 3 heterocycles. The van der Waals surface area contributed by atoms with Gasteiger partial charge in [-0.05, 0) is 24.0 Å². The van der Waals surface area contributed by atoms with Crippen LogP contribution in [0.1, 0.15) is 27.4 Å². The second kappa shape index (κ2) is 9.00. The van der Waals surface area contributed by atoms with E-state index < -0.39 is 16.6 Å². The molecule has 0 unspecified atom stereocenters. The number of carbonyl (C=O) groups is 1. The fraction of sp³-hybridized carbons (Fsp3) is 0.158. The molecule has 1 amide bonds. The molecule has 0 bridgehead atoms. The quantitative estimate of drug-likeness (QED) is 0.302. The smallest absolute Gasteiger partial charge is 0.361 e. The van der Waals surface area contributed by atoms with E-state index in [1.54, 1.807) is 13.0 Å². The summed E-state index contributed by atoms with van der Waals surface area (Å²) in [5.74, 6) is -1.14. The van der Waals surface area contributed by atoms with E-state index in [9.17, 15) is 19.3 Å². The fourth-order valence-corrected chi connectivity index (χ4v) is 3.45. The van der Waals surface area contributed by atoms with Crippen LogP contribution in [0, 0.1) is 22.9 Å². The number of hydrogen-bond donors (Lipinski definition) is 1. The van der Waals surface area contributed by atoms with Gasteiger partial charge in [-0.15, -0.1) is 0 Å². The number of hydrogen-bond acceptors (Lipinski definition) is 7. The van der Waals surface area contributed by atoms with E-state index in [-0.39, 0.29) is 46.0 Å². The topological polar surface area (TPSA) is 134 Å². The molecule has 3 aromatic heterocycles. The Hall–Kier alpha value is -3.77. The van der Waals surface area contributed by atoms with Crippen molar-refractivity contribution in [1.29, 1.82) is 0 Å². The number of halogens is 3. The van der Waals surface area contributed by atoms with E-state index in [2.05, 4.69) is 20.7 Å². The summed E-state index contributed by atoms with van der Waals surface area (Å²) in [5.41, 5.74) is 0.534. The average Bonchev–Trinajstić information content (AvgIpc) is 3.46. The Labute approximate surface area is 194 Å². The van der Waals surface area contributed by atoms with Gasteiger partial charge in [-0.1, -0.05) is 34.4 Å². The molecule has 33 heavy (non-hydrogen) atoms. The Morgan fingerprint density at radius 3 is 2.64 bits per heavy atom. The lowest BCUT2D eigenvalue weighted by molar-refractivity contribution is -0.389. The van der Waals surface area contributed by atoms with Gasteiger partial charge in [0, 0.05) is 16.8 Å². The number of amides is 1. The van der Waals surface area contributed by atoms with E-state index in [1.807, 2.05) is 0 Å². The monoisotopic (exact) mass is 493 g/mol. The molecule has 0 aliphatic heterocycles. The zero-order chi connectivity index (χ0) is 23.7. The molecule has 0 aliphatic rings. The van der Waals surface area contributed by atoms with Crippen LogP contribution >= 0.6 is 23.2 Å². The molecule has 1 N–H and O–H groups in total. The van der Waals surface area contributed by atoms with E-state index in [0.717, 1.165) is 0 Å². The molecular formula is C19H14Cl2FN7O4. The molecule has 14 heteroatoms. The number of carbonyl (C=O) groups excluding carboxylic acids is 1. The van der Waals surface area contributed by atoms with Crippen molar-refractivity contribution in [2.45, 2.75) is 20.0 Å². The highest BCUT2D eigenvalue weighted by molar-refractivity contribution is 6.33. The van der Waals surface area contributed by atoms with Gasteiger partial charge in [0.05, 0.1) is 36.0 Å². The maximum atomic E-state index is 14.1. The number of aryl methyl sites for hydroxylation is 1. The molecule has 0 saturated heterocycles. The van der Waals surface area contributed by atoms with Crippen molar-refractivity contribution in [3.8, 4) is 0 Å². The second-order valence-corrected chi connectivity index (χ2v) is 7.69. The van der Waals surface area contributed by atoms with Crippen LogP contribution in [0.5, 0.6) is 0 Å². The molecule has 1 aromatic carbocycles. The third kappa shape index (κ3) is 4.71. The van der Waals surface area contributed by atoms with Gasteiger partial charge in [-0.25, -0.2) is 4.39 Å². The highest BCUT2D eigenvalue weighted by atomic mass is 35.5. The van der Waals surface area contributed by atoms with Crippen molar-refractivity contribution in [3.05, 3.63) is 85.2 Å². The van der Waals surface area contributed by atoms with Gasteiger partial charge in [0.15, 0.2) is 11.5 Å². The standard InChI is InChI=1S/C19H14Cl2FN7O4/c1-10-11(7-27-6-5-16(24-27)29(31)32)17(26-33-10)19(30)23-18-14(21)9-28(25-18)8-12-13(20)3-2-4-15(12)22/h2-6,9H,7-8H2,1H3,(H,23,25,30). The highest BCUT2D eigenvalue weighted by Gasteiger charge is 2.24. The van der Waals surface area contributed by atoms with Crippen molar-refractivity contribution >= 4 is 40.7 Å². The Bertz CT molecular complexity index is 1340. The maximum absolute atomic E-state index is 14.1. The van der Waals surface area contributed by atoms with Crippen LogP contribution < -0.4 is 5.32 Å². The molecule has 0 saturated carbocycles. The summed E-state index contributed by atoms with van der Waals surface area (Å²) in [4.78, 5) is 23.0. The van der Waals surface area contributed by atoms with Crippen LogP contribution in [-0.4, -0.2) is 35.5 Å². The first-order valence-electron chi connectivity index (χ1n) is 9.33. The van der Waals surface area contributed by atoms with Crippen LogP contribution in [0.15, 0.2) is 41.2 Å². The molecule has 0 radical (unpaired) electrons. The minimum atomic E-state index is -0.667. The summed E-state index contributed by atoms with van der Waals surface area (Å²) >= 11 is 12.2. The van der Waals surface area contributed by atoms with Gasteiger partial charge in [0.25, 0.3) is 5.91 Å². The van der Waals surface area contributed by atoms with Crippen molar-refractivity contribution in [2.75, 3.05) is 5.32 Å². The maximum Gasteiger partial charge on any atom is 0.389 e. The minimum absolute atomic E-state index is 0.00645. The Morgan fingerprint density at radius 1 is 1.18 bits per heavy atom. The third-order valence-electron chi connectivity index (χ3n) is 4.66. The molecule has 0 spiro atoms. The van der Waals surface area contributed by atoms with Gasteiger partial charge < -0.3 is 20.0 Å². The van der Waals surface area contributed by atoms with Crippen LogP contribution in [0.4, 0.5) is 16.0 Å². The SMILES string of the molecule is Cc1onc(C(=O)Nc2nn(Cc3c(F)cccc3Cl)cc2Cl)c1Cn1ccc([N+](=O)[O-])n1. The number of anilines is 1. The van der Waals surface area contributed by atoms with Crippen LogP contribution in [0.3, 0.4) is 0 Å². The van der Waals surface area contributed by atoms with E-state index in [0.29, 0.717) is 11.3 Å². The summed E-state index contributed by atoms with van der Waals surface area (Å²) in [6.45, 7) is 1.60. The summed E-state index contributed by atoms with van der Waals surface area (Å²) < 4.78 is 21.8. The van der Waals surface area contributed by atoms with Gasteiger partial charge in [-0.2, -0.15) is 9.78 Å². The van der Waals surface area contributed by atoms with E-state index in [4.69, 9.17) is 27.7 Å². The predicted octanol–water partition coefficient (Wildman–Crippen LogP) is 4.08. The first kappa shape index (κ1) is 22.4. The number of rotatable bonds is 7. The molecule has 4 rings (SSSR count).